The van der Waals surface area contributed by atoms with Gasteiger partial charge in [-0.3, -0.25) is 14.4 Å². The lowest BCUT2D eigenvalue weighted by molar-refractivity contribution is -0.142. The molecule has 3 aromatic rings. The van der Waals surface area contributed by atoms with Crippen molar-refractivity contribution in [1.82, 2.24) is 9.88 Å². The van der Waals surface area contributed by atoms with Crippen LogP contribution in [-0.2, 0) is 20.8 Å². The van der Waals surface area contributed by atoms with Crippen LogP contribution in [0.2, 0.25) is 0 Å². The molecule has 0 radical (unpaired) electrons. The summed E-state index contributed by atoms with van der Waals surface area (Å²) in [5.74, 6) is -0.579. The summed E-state index contributed by atoms with van der Waals surface area (Å²) >= 11 is 0. The number of benzene rings is 2. The number of amides is 3. The number of para-hydroxylation sites is 2. The van der Waals surface area contributed by atoms with Crippen LogP contribution in [0.5, 0.6) is 0 Å². The third-order valence-corrected chi connectivity index (χ3v) is 7.05. The zero-order chi connectivity index (χ0) is 22.8. The van der Waals surface area contributed by atoms with Crippen molar-refractivity contribution in [3.05, 3.63) is 66.4 Å². The van der Waals surface area contributed by atoms with Crippen LogP contribution in [0.4, 0.5) is 5.69 Å². The minimum atomic E-state index is -0.739. The second kappa shape index (κ2) is 9.22. The van der Waals surface area contributed by atoms with Crippen molar-refractivity contribution >= 4 is 34.3 Å². The van der Waals surface area contributed by atoms with Gasteiger partial charge in [0, 0.05) is 29.6 Å². The van der Waals surface area contributed by atoms with E-state index in [4.69, 9.17) is 0 Å². The number of carbonyl (C=O) groups excluding carboxylic acids is 3. The van der Waals surface area contributed by atoms with Crippen molar-refractivity contribution < 1.29 is 14.4 Å². The lowest BCUT2D eigenvalue weighted by Gasteiger charge is -2.32. The number of aromatic nitrogens is 1. The first-order valence-corrected chi connectivity index (χ1v) is 11.9. The molecule has 170 valence electrons. The first kappa shape index (κ1) is 21.4. The van der Waals surface area contributed by atoms with Crippen LogP contribution in [-0.4, -0.2) is 40.2 Å². The van der Waals surface area contributed by atoms with Crippen molar-refractivity contribution in [2.75, 3.05) is 11.4 Å². The van der Waals surface area contributed by atoms with E-state index in [1.54, 1.807) is 17.0 Å². The van der Waals surface area contributed by atoms with Crippen molar-refractivity contribution in [3.8, 4) is 0 Å². The average Bonchev–Trinajstić information content (AvgIpc) is 3.40. The van der Waals surface area contributed by atoms with Gasteiger partial charge in [-0.1, -0.05) is 55.7 Å². The summed E-state index contributed by atoms with van der Waals surface area (Å²) in [7, 11) is 0. The molecule has 2 heterocycles. The third kappa shape index (κ3) is 4.17. The van der Waals surface area contributed by atoms with Crippen LogP contribution in [0.25, 0.3) is 10.9 Å². The Hall–Kier alpha value is -3.41. The van der Waals surface area contributed by atoms with E-state index in [-0.39, 0.29) is 30.1 Å². The fourth-order valence-corrected chi connectivity index (χ4v) is 5.29. The maximum atomic E-state index is 13.6. The van der Waals surface area contributed by atoms with E-state index in [0.29, 0.717) is 18.7 Å². The molecule has 2 aliphatic rings. The predicted octanol–water partition coefficient (Wildman–Crippen LogP) is 4.45. The number of nitrogens with one attached hydrogen (secondary N) is 1. The number of H-pyrrole nitrogens is 1. The minimum Gasteiger partial charge on any atom is -0.361 e. The number of aromatic amines is 1. The SMILES string of the molecule is O=C1CC(N(CCc2c[nH]c3ccccc23)C(=O)C2CCCCC2)C(=O)N1c1ccccc1. The van der Waals surface area contributed by atoms with Gasteiger partial charge in [0.2, 0.25) is 11.8 Å². The number of nitrogens with zero attached hydrogens (tertiary/aromatic N) is 2. The van der Waals surface area contributed by atoms with Crippen LogP contribution in [0.15, 0.2) is 60.8 Å². The van der Waals surface area contributed by atoms with Crippen LogP contribution in [0.1, 0.15) is 44.1 Å². The van der Waals surface area contributed by atoms with Gasteiger partial charge in [-0.2, -0.15) is 0 Å². The van der Waals surface area contributed by atoms with E-state index in [2.05, 4.69) is 11.1 Å². The highest BCUT2D eigenvalue weighted by Gasteiger charge is 2.45. The molecule has 2 fully saturated rings. The van der Waals surface area contributed by atoms with Gasteiger partial charge < -0.3 is 9.88 Å². The Morgan fingerprint density at radius 1 is 0.970 bits per heavy atom. The fourth-order valence-electron chi connectivity index (χ4n) is 5.29. The molecular formula is C27H29N3O3. The molecule has 2 aromatic carbocycles. The molecule has 1 atom stereocenters. The third-order valence-electron chi connectivity index (χ3n) is 7.05. The number of imide groups is 1. The normalized spacial score (nSPS) is 19.4. The van der Waals surface area contributed by atoms with Crippen molar-refractivity contribution in [2.24, 2.45) is 5.92 Å². The molecule has 33 heavy (non-hydrogen) atoms. The summed E-state index contributed by atoms with van der Waals surface area (Å²) in [6.07, 6.45) is 7.61. The Labute approximate surface area is 193 Å². The fraction of sp³-hybridized carbons (Fsp3) is 0.370. The molecule has 1 aliphatic heterocycles. The van der Waals surface area contributed by atoms with E-state index in [0.717, 1.165) is 48.6 Å². The molecule has 3 amide bonds. The average molecular weight is 444 g/mol. The molecule has 1 aliphatic carbocycles. The van der Waals surface area contributed by atoms with Crippen LogP contribution in [0.3, 0.4) is 0 Å². The topological polar surface area (TPSA) is 73.5 Å². The Balaban J connectivity index is 1.41. The Morgan fingerprint density at radius 2 is 1.70 bits per heavy atom. The summed E-state index contributed by atoms with van der Waals surface area (Å²) in [5.41, 5.74) is 2.74. The van der Waals surface area contributed by atoms with E-state index in [9.17, 15) is 14.4 Å². The number of fused-ring (bicyclic) bond motifs is 1. The van der Waals surface area contributed by atoms with Gasteiger partial charge in [0.25, 0.3) is 5.91 Å². The standard InChI is InChI=1S/C27H29N3O3/c31-25-17-24(27(33)30(25)21-11-5-2-6-12-21)29(26(32)19-9-3-1-4-10-19)16-15-20-18-28-23-14-8-7-13-22(20)23/h2,5-8,11-14,18-19,24,28H,1,3-4,9-10,15-17H2. The smallest absolute Gasteiger partial charge is 0.257 e. The second-order valence-electron chi connectivity index (χ2n) is 9.10. The van der Waals surface area contributed by atoms with Gasteiger partial charge >= 0.3 is 0 Å². The number of rotatable bonds is 6. The number of hydrogen-bond donors (Lipinski definition) is 1. The molecular weight excluding hydrogens is 414 g/mol. The molecule has 5 rings (SSSR count). The Bertz CT molecular complexity index is 1160. The van der Waals surface area contributed by atoms with Gasteiger partial charge in [-0.25, -0.2) is 4.90 Å². The lowest BCUT2D eigenvalue weighted by Crippen LogP contribution is -2.48. The zero-order valence-electron chi connectivity index (χ0n) is 18.7. The molecule has 1 saturated carbocycles. The van der Waals surface area contributed by atoms with E-state index >= 15 is 0 Å². The lowest BCUT2D eigenvalue weighted by atomic mass is 9.87. The summed E-state index contributed by atoms with van der Waals surface area (Å²) in [5, 5.41) is 1.13. The maximum Gasteiger partial charge on any atom is 0.257 e. The molecule has 1 unspecified atom stereocenters. The van der Waals surface area contributed by atoms with Crippen molar-refractivity contribution in [1.29, 1.82) is 0 Å². The summed E-state index contributed by atoms with van der Waals surface area (Å²) in [4.78, 5) is 46.2. The summed E-state index contributed by atoms with van der Waals surface area (Å²) in [6.45, 7) is 0.420. The van der Waals surface area contributed by atoms with Crippen molar-refractivity contribution in [2.45, 2.75) is 51.0 Å². The first-order valence-electron chi connectivity index (χ1n) is 11.9. The number of hydrogen-bond acceptors (Lipinski definition) is 3. The Morgan fingerprint density at radius 3 is 2.48 bits per heavy atom. The molecule has 6 heteroatoms. The number of anilines is 1. The summed E-state index contributed by atoms with van der Waals surface area (Å²) < 4.78 is 0. The van der Waals surface area contributed by atoms with Crippen LogP contribution >= 0.6 is 0 Å². The first-order chi connectivity index (χ1) is 16.1. The maximum absolute atomic E-state index is 13.6. The van der Waals surface area contributed by atoms with Gasteiger partial charge in [-0.15, -0.1) is 0 Å². The molecule has 0 spiro atoms. The Kier molecular flexibility index (Phi) is 5.99. The van der Waals surface area contributed by atoms with Gasteiger partial charge in [0.05, 0.1) is 12.1 Å². The number of carbonyl (C=O) groups is 3. The molecule has 1 N–H and O–H groups in total. The quantitative estimate of drug-likeness (QED) is 0.572. The van der Waals surface area contributed by atoms with E-state index in [1.165, 1.54) is 4.90 Å². The highest BCUT2D eigenvalue weighted by atomic mass is 16.2. The molecule has 6 nitrogen and oxygen atoms in total. The van der Waals surface area contributed by atoms with Crippen LogP contribution in [0, 0.1) is 5.92 Å². The van der Waals surface area contributed by atoms with Gasteiger partial charge in [0.15, 0.2) is 0 Å². The molecule has 1 saturated heterocycles. The van der Waals surface area contributed by atoms with Gasteiger partial charge in [-0.05, 0) is 43.0 Å². The van der Waals surface area contributed by atoms with Gasteiger partial charge in [0.1, 0.15) is 6.04 Å². The molecule has 0 bridgehead atoms. The van der Waals surface area contributed by atoms with E-state index < -0.39 is 6.04 Å². The van der Waals surface area contributed by atoms with Crippen molar-refractivity contribution in [3.63, 3.8) is 0 Å². The second-order valence-corrected chi connectivity index (χ2v) is 9.10. The minimum absolute atomic E-state index is 0.0237. The predicted molar refractivity (Wildman–Crippen MR) is 128 cm³/mol. The van der Waals surface area contributed by atoms with E-state index in [1.807, 2.05) is 42.6 Å². The zero-order valence-corrected chi connectivity index (χ0v) is 18.7. The van der Waals surface area contributed by atoms with Crippen LogP contribution < -0.4 is 4.90 Å². The largest absolute Gasteiger partial charge is 0.361 e. The summed E-state index contributed by atoms with van der Waals surface area (Å²) in [6, 6.07) is 16.3. The molecule has 1 aromatic heterocycles. The highest BCUT2D eigenvalue weighted by molar-refractivity contribution is 6.23. The highest BCUT2D eigenvalue weighted by Crippen LogP contribution is 2.31. The monoisotopic (exact) mass is 443 g/mol.